The van der Waals surface area contributed by atoms with E-state index in [-0.39, 0.29) is 5.82 Å². The summed E-state index contributed by atoms with van der Waals surface area (Å²) in [6.07, 6.45) is 1.76. The van der Waals surface area contributed by atoms with Crippen molar-refractivity contribution in [3.05, 3.63) is 54.1 Å². The molecule has 23 heavy (non-hydrogen) atoms. The van der Waals surface area contributed by atoms with Gasteiger partial charge in [-0.15, -0.1) is 0 Å². The van der Waals surface area contributed by atoms with Crippen LogP contribution < -0.4 is 0 Å². The quantitative estimate of drug-likeness (QED) is 0.566. The van der Waals surface area contributed by atoms with Crippen molar-refractivity contribution in [3.63, 3.8) is 0 Å². The Morgan fingerprint density at radius 1 is 1.09 bits per heavy atom. The number of hydrogen-bond donors (Lipinski definition) is 0. The first-order chi connectivity index (χ1) is 11.1. The number of nitrogens with zero attached hydrogens (tertiary/aromatic N) is 4. The van der Waals surface area contributed by atoms with Crippen LogP contribution in [0.1, 0.15) is 5.56 Å². The van der Waals surface area contributed by atoms with Crippen molar-refractivity contribution in [2.24, 2.45) is 7.05 Å². The summed E-state index contributed by atoms with van der Waals surface area (Å²) in [6.45, 7) is 1.71. The van der Waals surface area contributed by atoms with Gasteiger partial charge >= 0.3 is 0 Å². The van der Waals surface area contributed by atoms with Crippen LogP contribution in [-0.2, 0) is 7.05 Å². The molecular formula is C17H13FN4O. The van der Waals surface area contributed by atoms with Crippen molar-refractivity contribution in [1.29, 1.82) is 0 Å². The second kappa shape index (κ2) is 5.01. The maximum Gasteiger partial charge on any atom is 0.258 e. The number of aromatic nitrogens is 4. The maximum atomic E-state index is 13.7. The number of aryl methyl sites for hydroxylation is 2. The van der Waals surface area contributed by atoms with Crippen molar-refractivity contribution in [1.82, 2.24) is 19.7 Å². The summed E-state index contributed by atoms with van der Waals surface area (Å²) in [6, 6.07) is 10.6. The molecule has 114 valence electrons. The molecule has 2 aromatic carbocycles. The van der Waals surface area contributed by atoms with Gasteiger partial charge in [0.1, 0.15) is 5.82 Å². The molecule has 5 nitrogen and oxygen atoms in total. The average molecular weight is 308 g/mol. The fourth-order valence-electron chi connectivity index (χ4n) is 2.46. The lowest BCUT2D eigenvalue weighted by Gasteiger charge is -1.98. The van der Waals surface area contributed by atoms with E-state index in [0.717, 1.165) is 16.6 Å². The predicted molar refractivity (Wildman–Crippen MR) is 84.1 cm³/mol. The minimum absolute atomic E-state index is 0.292. The third kappa shape index (κ3) is 2.28. The van der Waals surface area contributed by atoms with Gasteiger partial charge in [0.2, 0.25) is 5.82 Å². The zero-order chi connectivity index (χ0) is 16.0. The molecule has 4 aromatic rings. The normalized spacial score (nSPS) is 11.3. The Bertz CT molecular complexity index is 1020. The molecule has 2 aromatic heterocycles. The molecule has 0 aliphatic rings. The molecule has 0 fully saturated rings. The smallest absolute Gasteiger partial charge is 0.258 e. The number of rotatable bonds is 2. The number of halogens is 1. The predicted octanol–water partition coefficient (Wildman–Crippen LogP) is 3.74. The van der Waals surface area contributed by atoms with Gasteiger partial charge in [-0.05, 0) is 42.8 Å². The van der Waals surface area contributed by atoms with Gasteiger partial charge in [0, 0.05) is 18.2 Å². The van der Waals surface area contributed by atoms with E-state index in [1.54, 1.807) is 25.4 Å². The summed E-state index contributed by atoms with van der Waals surface area (Å²) in [5.41, 5.74) is 3.83. The SMILES string of the molecule is Cc1ccc(-c2nc(-c3ccc4c(c3)ncn4C)no2)cc1F. The summed E-state index contributed by atoms with van der Waals surface area (Å²) >= 11 is 0. The van der Waals surface area contributed by atoms with Crippen molar-refractivity contribution in [2.45, 2.75) is 6.92 Å². The molecule has 0 unspecified atom stereocenters. The van der Waals surface area contributed by atoms with Crippen LogP contribution in [0.25, 0.3) is 33.9 Å². The first-order valence-corrected chi connectivity index (χ1v) is 7.13. The third-order valence-electron chi connectivity index (χ3n) is 3.83. The standard InChI is InChI=1S/C17H13FN4O/c1-10-3-4-12(7-13(10)18)17-20-16(21-23-17)11-5-6-15-14(8-11)19-9-22(15)2/h3-9H,1-2H3. The van der Waals surface area contributed by atoms with E-state index in [1.165, 1.54) is 6.07 Å². The van der Waals surface area contributed by atoms with E-state index in [9.17, 15) is 4.39 Å². The molecule has 0 spiro atoms. The van der Waals surface area contributed by atoms with Crippen LogP contribution in [-0.4, -0.2) is 19.7 Å². The molecule has 2 heterocycles. The van der Waals surface area contributed by atoms with Crippen LogP contribution in [0.2, 0.25) is 0 Å². The van der Waals surface area contributed by atoms with Gasteiger partial charge in [0.15, 0.2) is 0 Å². The van der Waals surface area contributed by atoms with Crippen molar-refractivity contribution in [2.75, 3.05) is 0 Å². The molecule has 0 radical (unpaired) electrons. The van der Waals surface area contributed by atoms with Crippen LogP contribution >= 0.6 is 0 Å². The van der Waals surface area contributed by atoms with Crippen LogP contribution in [0.15, 0.2) is 47.2 Å². The van der Waals surface area contributed by atoms with Crippen LogP contribution in [0.3, 0.4) is 0 Å². The zero-order valence-corrected chi connectivity index (χ0v) is 12.6. The first-order valence-electron chi connectivity index (χ1n) is 7.13. The van der Waals surface area contributed by atoms with Gasteiger partial charge in [-0.1, -0.05) is 11.2 Å². The average Bonchev–Trinajstić information content (AvgIpc) is 3.17. The number of imidazole rings is 1. The summed E-state index contributed by atoms with van der Waals surface area (Å²) in [5.74, 6) is 0.450. The number of fused-ring (bicyclic) bond motifs is 1. The molecule has 0 saturated heterocycles. The molecule has 0 N–H and O–H groups in total. The van der Waals surface area contributed by atoms with Crippen molar-refractivity contribution < 1.29 is 8.91 Å². The lowest BCUT2D eigenvalue weighted by Crippen LogP contribution is -1.86. The Morgan fingerprint density at radius 3 is 2.74 bits per heavy atom. The number of hydrogen-bond acceptors (Lipinski definition) is 4. The molecule has 0 aliphatic carbocycles. The Balaban J connectivity index is 1.74. The maximum absolute atomic E-state index is 13.7. The van der Waals surface area contributed by atoms with Crippen molar-refractivity contribution in [3.8, 4) is 22.8 Å². The Morgan fingerprint density at radius 2 is 1.91 bits per heavy atom. The topological polar surface area (TPSA) is 56.7 Å². The monoisotopic (exact) mass is 308 g/mol. The Kier molecular flexibility index (Phi) is 2.97. The Hall–Kier alpha value is -3.02. The van der Waals surface area contributed by atoms with E-state index in [4.69, 9.17) is 4.52 Å². The van der Waals surface area contributed by atoms with Gasteiger partial charge < -0.3 is 9.09 Å². The van der Waals surface area contributed by atoms with E-state index >= 15 is 0 Å². The summed E-state index contributed by atoms with van der Waals surface area (Å²) < 4.78 is 20.9. The van der Waals surface area contributed by atoms with E-state index in [0.29, 0.717) is 22.8 Å². The largest absolute Gasteiger partial charge is 0.334 e. The van der Waals surface area contributed by atoms with Crippen LogP contribution in [0.5, 0.6) is 0 Å². The number of benzene rings is 2. The highest BCUT2D eigenvalue weighted by molar-refractivity contribution is 5.80. The summed E-state index contributed by atoms with van der Waals surface area (Å²) in [7, 11) is 1.94. The van der Waals surface area contributed by atoms with Gasteiger partial charge in [0.25, 0.3) is 5.89 Å². The highest BCUT2D eigenvalue weighted by atomic mass is 19.1. The molecule has 0 bridgehead atoms. The molecular weight excluding hydrogens is 295 g/mol. The second-order valence-corrected chi connectivity index (χ2v) is 5.45. The molecule has 0 saturated carbocycles. The second-order valence-electron chi connectivity index (χ2n) is 5.45. The highest BCUT2D eigenvalue weighted by Crippen LogP contribution is 2.25. The fraction of sp³-hybridized carbons (Fsp3) is 0.118. The van der Waals surface area contributed by atoms with E-state index in [2.05, 4.69) is 15.1 Å². The molecule has 6 heteroatoms. The van der Waals surface area contributed by atoms with Gasteiger partial charge in [-0.25, -0.2) is 9.37 Å². The fourth-order valence-corrected chi connectivity index (χ4v) is 2.46. The van der Waals surface area contributed by atoms with Crippen LogP contribution in [0, 0.1) is 12.7 Å². The molecule has 0 amide bonds. The molecule has 4 rings (SSSR count). The molecule has 0 atom stereocenters. The van der Waals surface area contributed by atoms with E-state index < -0.39 is 0 Å². The highest BCUT2D eigenvalue weighted by Gasteiger charge is 2.13. The third-order valence-corrected chi connectivity index (χ3v) is 3.83. The zero-order valence-electron chi connectivity index (χ0n) is 12.6. The Labute approximate surface area is 131 Å². The first kappa shape index (κ1) is 13.6. The van der Waals surface area contributed by atoms with Crippen molar-refractivity contribution >= 4 is 11.0 Å². The van der Waals surface area contributed by atoms with E-state index in [1.807, 2.05) is 29.8 Å². The summed E-state index contributed by atoms with van der Waals surface area (Å²) in [5, 5.41) is 3.99. The molecule has 0 aliphatic heterocycles. The lowest BCUT2D eigenvalue weighted by atomic mass is 10.1. The minimum atomic E-state index is -0.294. The van der Waals surface area contributed by atoms with Gasteiger partial charge in [-0.3, -0.25) is 0 Å². The summed E-state index contributed by atoms with van der Waals surface area (Å²) in [4.78, 5) is 8.67. The van der Waals surface area contributed by atoms with Crippen LogP contribution in [0.4, 0.5) is 4.39 Å². The van der Waals surface area contributed by atoms with Gasteiger partial charge in [-0.2, -0.15) is 4.98 Å². The minimum Gasteiger partial charge on any atom is -0.334 e. The van der Waals surface area contributed by atoms with Gasteiger partial charge in [0.05, 0.1) is 17.4 Å². The lowest BCUT2D eigenvalue weighted by molar-refractivity contribution is 0.432.